The highest BCUT2D eigenvalue weighted by Crippen LogP contribution is 2.59. The summed E-state index contributed by atoms with van der Waals surface area (Å²) in [4.78, 5) is 10.6. The SMILES string of the molecule is CC(C)[C@@H]1CC[C@@H](C)C2C(OC(=O)O)C21. The van der Waals surface area contributed by atoms with Crippen molar-refractivity contribution in [2.75, 3.05) is 0 Å². The van der Waals surface area contributed by atoms with E-state index >= 15 is 0 Å². The minimum atomic E-state index is -1.11. The van der Waals surface area contributed by atoms with Gasteiger partial charge in [0.25, 0.3) is 0 Å². The van der Waals surface area contributed by atoms with E-state index in [1.165, 1.54) is 12.8 Å². The summed E-state index contributed by atoms with van der Waals surface area (Å²) in [5.41, 5.74) is 0. The fourth-order valence-corrected chi connectivity index (χ4v) is 3.45. The lowest BCUT2D eigenvalue weighted by atomic mass is 9.78. The molecule has 0 saturated heterocycles. The Labute approximate surface area is 90.8 Å². The summed E-state index contributed by atoms with van der Waals surface area (Å²) in [7, 11) is 0. The molecule has 86 valence electrons. The van der Waals surface area contributed by atoms with Gasteiger partial charge in [0.15, 0.2) is 0 Å². The van der Waals surface area contributed by atoms with E-state index in [-0.39, 0.29) is 6.10 Å². The molecule has 3 nitrogen and oxygen atoms in total. The number of hydrogen-bond donors (Lipinski definition) is 1. The van der Waals surface area contributed by atoms with Gasteiger partial charge in [0.1, 0.15) is 6.10 Å². The van der Waals surface area contributed by atoms with Crippen molar-refractivity contribution in [2.24, 2.45) is 29.6 Å². The van der Waals surface area contributed by atoms with Crippen LogP contribution >= 0.6 is 0 Å². The van der Waals surface area contributed by atoms with Crippen LogP contribution in [0.15, 0.2) is 0 Å². The van der Waals surface area contributed by atoms with Gasteiger partial charge in [0.05, 0.1) is 0 Å². The molecule has 5 atom stereocenters. The fraction of sp³-hybridized carbons (Fsp3) is 0.917. The molecule has 0 bridgehead atoms. The highest BCUT2D eigenvalue weighted by Gasteiger charge is 2.61. The molecular weight excluding hydrogens is 192 g/mol. The zero-order valence-corrected chi connectivity index (χ0v) is 9.64. The topological polar surface area (TPSA) is 46.5 Å². The maximum atomic E-state index is 10.6. The fourth-order valence-electron chi connectivity index (χ4n) is 3.45. The summed E-state index contributed by atoms with van der Waals surface area (Å²) < 4.78 is 4.98. The van der Waals surface area contributed by atoms with Crippen LogP contribution in [0.2, 0.25) is 0 Å². The lowest BCUT2D eigenvalue weighted by molar-refractivity contribution is 0.0730. The second-order valence-corrected chi connectivity index (χ2v) is 5.47. The summed E-state index contributed by atoms with van der Waals surface area (Å²) in [5.74, 6) is 2.95. The van der Waals surface area contributed by atoms with Gasteiger partial charge in [-0.15, -0.1) is 0 Å². The first-order valence-corrected chi connectivity index (χ1v) is 5.92. The molecule has 0 spiro atoms. The van der Waals surface area contributed by atoms with Gasteiger partial charge >= 0.3 is 6.16 Å². The Morgan fingerprint density at radius 2 is 2.00 bits per heavy atom. The second kappa shape index (κ2) is 3.69. The van der Waals surface area contributed by atoms with Crippen molar-refractivity contribution in [3.05, 3.63) is 0 Å². The number of carbonyl (C=O) groups is 1. The van der Waals surface area contributed by atoms with Crippen LogP contribution in [0.4, 0.5) is 4.79 Å². The monoisotopic (exact) mass is 212 g/mol. The molecule has 0 heterocycles. The number of hydrogen-bond acceptors (Lipinski definition) is 2. The van der Waals surface area contributed by atoms with Gasteiger partial charge in [-0.1, -0.05) is 27.2 Å². The predicted molar refractivity (Wildman–Crippen MR) is 56.6 cm³/mol. The summed E-state index contributed by atoms with van der Waals surface area (Å²) >= 11 is 0. The van der Waals surface area contributed by atoms with E-state index in [1.54, 1.807) is 0 Å². The average Bonchev–Trinajstić information content (AvgIpc) is 2.79. The molecule has 0 aliphatic heterocycles. The zero-order chi connectivity index (χ0) is 11.2. The van der Waals surface area contributed by atoms with Crippen molar-refractivity contribution in [1.82, 2.24) is 0 Å². The lowest BCUT2D eigenvalue weighted by Gasteiger charge is -2.27. The van der Waals surface area contributed by atoms with Crippen molar-refractivity contribution < 1.29 is 14.6 Å². The molecule has 0 radical (unpaired) electrons. The van der Waals surface area contributed by atoms with Crippen molar-refractivity contribution >= 4 is 6.16 Å². The minimum absolute atomic E-state index is 0.00704. The Balaban J connectivity index is 2.03. The maximum absolute atomic E-state index is 10.6. The molecular formula is C12H20O3. The van der Waals surface area contributed by atoms with Crippen molar-refractivity contribution in [1.29, 1.82) is 0 Å². The standard InChI is InChI=1S/C12H20O3/c1-6(2)8-5-4-7(3)9-10(8)11(9)15-12(13)14/h6-11H,4-5H2,1-3H3,(H,13,14)/t7-,8+,9?,10?,11?/m1/s1. The smallest absolute Gasteiger partial charge is 0.450 e. The minimum Gasteiger partial charge on any atom is -0.450 e. The number of carboxylic acid groups (broad SMARTS) is 1. The normalized spacial score (nSPS) is 43.6. The van der Waals surface area contributed by atoms with Crippen LogP contribution in [0.25, 0.3) is 0 Å². The van der Waals surface area contributed by atoms with Gasteiger partial charge in [-0.25, -0.2) is 4.79 Å². The van der Waals surface area contributed by atoms with E-state index in [0.717, 1.165) is 0 Å². The molecule has 15 heavy (non-hydrogen) atoms. The molecule has 2 saturated carbocycles. The maximum Gasteiger partial charge on any atom is 0.506 e. The van der Waals surface area contributed by atoms with E-state index in [9.17, 15) is 4.79 Å². The number of ether oxygens (including phenoxy) is 1. The average molecular weight is 212 g/mol. The molecule has 2 rings (SSSR count). The molecule has 0 amide bonds. The molecule has 3 unspecified atom stereocenters. The van der Waals surface area contributed by atoms with Crippen molar-refractivity contribution in [2.45, 2.75) is 39.7 Å². The van der Waals surface area contributed by atoms with Crippen LogP contribution in [0, 0.1) is 29.6 Å². The van der Waals surface area contributed by atoms with Crippen molar-refractivity contribution in [3.63, 3.8) is 0 Å². The Hall–Kier alpha value is -0.730. The Kier molecular flexibility index (Phi) is 2.65. The highest BCUT2D eigenvalue weighted by atomic mass is 16.7. The molecule has 2 aliphatic carbocycles. The molecule has 0 aromatic rings. The molecule has 0 aromatic heterocycles. The van der Waals surface area contributed by atoms with Crippen LogP contribution in [0.5, 0.6) is 0 Å². The van der Waals surface area contributed by atoms with Crippen LogP contribution in [-0.2, 0) is 4.74 Å². The Morgan fingerprint density at radius 1 is 1.33 bits per heavy atom. The third-order valence-electron chi connectivity index (χ3n) is 4.26. The van der Waals surface area contributed by atoms with Crippen LogP contribution in [0.1, 0.15) is 33.6 Å². The molecule has 2 aliphatic rings. The summed E-state index contributed by atoms with van der Waals surface area (Å²) in [6.07, 6.45) is 1.35. The van der Waals surface area contributed by atoms with Gasteiger partial charge in [0.2, 0.25) is 0 Å². The summed E-state index contributed by atoms with van der Waals surface area (Å²) in [6.45, 7) is 6.68. The molecule has 1 N–H and O–H groups in total. The first-order valence-electron chi connectivity index (χ1n) is 5.92. The van der Waals surface area contributed by atoms with E-state index < -0.39 is 6.16 Å². The number of rotatable bonds is 2. The summed E-state index contributed by atoms with van der Waals surface area (Å²) in [5, 5.41) is 8.66. The molecule has 0 aromatic carbocycles. The third-order valence-corrected chi connectivity index (χ3v) is 4.26. The second-order valence-electron chi connectivity index (χ2n) is 5.47. The Morgan fingerprint density at radius 3 is 2.53 bits per heavy atom. The van der Waals surface area contributed by atoms with E-state index in [2.05, 4.69) is 20.8 Å². The van der Waals surface area contributed by atoms with E-state index in [4.69, 9.17) is 9.84 Å². The highest BCUT2D eigenvalue weighted by molar-refractivity contribution is 5.57. The zero-order valence-electron chi connectivity index (χ0n) is 9.64. The first kappa shape index (κ1) is 10.8. The van der Waals surface area contributed by atoms with E-state index in [0.29, 0.717) is 29.6 Å². The van der Waals surface area contributed by atoms with Crippen LogP contribution in [0.3, 0.4) is 0 Å². The van der Waals surface area contributed by atoms with Gasteiger partial charge in [-0.3, -0.25) is 0 Å². The number of fused-ring (bicyclic) bond motifs is 1. The lowest BCUT2D eigenvalue weighted by Crippen LogP contribution is -2.20. The van der Waals surface area contributed by atoms with Crippen LogP contribution < -0.4 is 0 Å². The van der Waals surface area contributed by atoms with Gasteiger partial charge in [0, 0.05) is 11.8 Å². The van der Waals surface area contributed by atoms with E-state index in [1.807, 2.05) is 0 Å². The van der Waals surface area contributed by atoms with Gasteiger partial charge in [-0.05, 0) is 24.2 Å². The van der Waals surface area contributed by atoms with Crippen molar-refractivity contribution in [3.8, 4) is 0 Å². The predicted octanol–water partition coefficient (Wildman–Crippen LogP) is 3.00. The molecule has 2 fully saturated rings. The summed E-state index contributed by atoms with van der Waals surface area (Å²) in [6, 6.07) is 0. The third kappa shape index (κ3) is 1.84. The van der Waals surface area contributed by atoms with Gasteiger partial charge in [-0.2, -0.15) is 0 Å². The van der Waals surface area contributed by atoms with Gasteiger partial charge < -0.3 is 9.84 Å². The largest absolute Gasteiger partial charge is 0.506 e. The van der Waals surface area contributed by atoms with Crippen LogP contribution in [-0.4, -0.2) is 17.4 Å². The quantitative estimate of drug-likeness (QED) is 0.716. The first-order chi connectivity index (χ1) is 7.02. The molecule has 3 heteroatoms. The Bertz CT molecular complexity index is 262.